The van der Waals surface area contributed by atoms with E-state index >= 15 is 0 Å². The first-order chi connectivity index (χ1) is 13.5. The van der Waals surface area contributed by atoms with Gasteiger partial charge in [0.05, 0.1) is 5.92 Å². The molecule has 2 unspecified atom stereocenters. The standard InChI is InChI=1S/C22H32ClN3O2/c1-3-5-21(27)26-10-4-6-18(15-26)22(28)24-13-17-9-11-25(14-17)20-12-19(23)8-7-16(20)2/h7-8,12,17-18H,3-6,9-11,13-15H2,1-2H3,(H,24,28). The highest BCUT2D eigenvalue weighted by Gasteiger charge is 2.29. The lowest BCUT2D eigenvalue weighted by Crippen LogP contribution is -2.46. The second kappa shape index (κ2) is 9.64. The van der Waals surface area contributed by atoms with Gasteiger partial charge in [-0.15, -0.1) is 0 Å². The zero-order valence-corrected chi connectivity index (χ0v) is 17.8. The van der Waals surface area contributed by atoms with E-state index in [9.17, 15) is 9.59 Å². The van der Waals surface area contributed by atoms with Crippen LogP contribution in [0, 0.1) is 18.8 Å². The van der Waals surface area contributed by atoms with Gasteiger partial charge in [0, 0.05) is 49.9 Å². The minimum Gasteiger partial charge on any atom is -0.371 e. The van der Waals surface area contributed by atoms with Crippen LogP contribution in [0.5, 0.6) is 0 Å². The van der Waals surface area contributed by atoms with E-state index < -0.39 is 0 Å². The van der Waals surface area contributed by atoms with Crippen LogP contribution >= 0.6 is 11.6 Å². The van der Waals surface area contributed by atoms with E-state index in [2.05, 4.69) is 23.2 Å². The summed E-state index contributed by atoms with van der Waals surface area (Å²) in [7, 11) is 0. The first-order valence-electron chi connectivity index (χ1n) is 10.5. The fraction of sp³-hybridized carbons (Fsp3) is 0.636. The number of piperidine rings is 1. The van der Waals surface area contributed by atoms with Crippen molar-refractivity contribution in [1.29, 1.82) is 0 Å². The molecular formula is C22H32ClN3O2. The van der Waals surface area contributed by atoms with Crippen LogP contribution in [0.1, 0.15) is 44.6 Å². The van der Waals surface area contributed by atoms with Crippen molar-refractivity contribution in [1.82, 2.24) is 10.2 Å². The largest absolute Gasteiger partial charge is 0.371 e. The molecule has 1 aromatic carbocycles. The normalized spacial score (nSPS) is 22.4. The number of anilines is 1. The number of halogens is 1. The van der Waals surface area contributed by atoms with Gasteiger partial charge in [-0.2, -0.15) is 0 Å². The molecular weight excluding hydrogens is 374 g/mol. The smallest absolute Gasteiger partial charge is 0.224 e. The van der Waals surface area contributed by atoms with Crippen molar-refractivity contribution in [3.05, 3.63) is 28.8 Å². The molecule has 1 N–H and O–H groups in total. The van der Waals surface area contributed by atoms with Crippen LogP contribution in [0.4, 0.5) is 5.69 Å². The lowest BCUT2D eigenvalue weighted by Gasteiger charge is -2.32. The number of carbonyl (C=O) groups excluding carboxylic acids is 2. The Bertz CT molecular complexity index is 709. The van der Waals surface area contributed by atoms with Gasteiger partial charge in [0.15, 0.2) is 0 Å². The van der Waals surface area contributed by atoms with Gasteiger partial charge in [-0.3, -0.25) is 9.59 Å². The van der Waals surface area contributed by atoms with Crippen LogP contribution in [0.25, 0.3) is 0 Å². The number of amides is 2. The van der Waals surface area contributed by atoms with Crippen molar-refractivity contribution in [3.8, 4) is 0 Å². The van der Waals surface area contributed by atoms with E-state index in [4.69, 9.17) is 11.6 Å². The summed E-state index contributed by atoms with van der Waals surface area (Å²) in [5.41, 5.74) is 2.42. The number of rotatable bonds is 6. The highest BCUT2D eigenvalue weighted by atomic mass is 35.5. The number of hydrogen-bond donors (Lipinski definition) is 1. The Balaban J connectivity index is 1.47. The zero-order valence-electron chi connectivity index (χ0n) is 17.0. The molecule has 0 bridgehead atoms. The first kappa shape index (κ1) is 21.0. The molecule has 2 atom stereocenters. The van der Waals surface area contributed by atoms with Crippen LogP contribution < -0.4 is 10.2 Å². The molecule has 2 aliphatic heterocycles. The van der Waals surface area contributed by atoms with E-state index in [0.717, 1.165) is 50.3 Å². The Morgan fingerprint density at radius 3 is 2.82 bits per heavy atom. The number of likely N-dealkylation sites (tertiary alicyclic amines) is 1. The van der Waals surface area contributed by atoms with Crippen molar-refractivity contribution in [3.63, 3.8) is 0 Å². The first-order valence-corrected chi connectivity index (χ1v) is 10.9. The predicted octanol–water partition coefficient (Wildman–Crippen LogP) is 3.63. The number of nitrogens with zero attached hydrogens (tertiary/aromatic N) is 2. The van der Waals surface area contributed by atoms with Gasteiger partial charge in [0.2, 0.25) is 11.8 Å². The van der Waals surface area contributed by atoms with Crippen LogP contribution in [-0.2, 0) is 9.59 Å². The molecule has 2 heterocycles. The molecule has 0 radical (unpaired) electrons. The molecule has 6 heteroatoms. The SMILES string of the molecule is CCCC(=O)N1CCCC(C(=O)NCC2CCN(c3cc(Cl)ccc3C)C2)C1. The van der Waals surface area contributed by atoms with Crippen molar-refractivity contribution in [2.75, 3.05) is 37.6 Å². The average molecular weight is 406 g/mol. The Morgan fingerprint density at radius 1 is 1.21 bits per heavy atom. The van der Waals surface area contributed by atoms with Gasteiger partial charge >= 0.3 is 0 Å². The number of benzene rings is 1. The van der Waals surface area contributed by atoms with Crippen molar-refractivity contribution in [2.45, 2.75) is 46.0 Å². The molecule has 0 aliphatic carbocycles. The van der Waals surface area contributed by atoms with Crippen LogP contribution in [-0.4, -0.2) is 49.4 Å². The minimum absolute atomic E-state index is 0.0674. The topological polar surface area (TPSA) is 52.7 Å². The summed E-state index contributed by atoms with van der Waals surface area (Å²) >= 11 is 6.16. The summed E-state index contributed by atoms with van der Waals surface area (Å²) in [6.07, 6.45) is 4.29. The lowest BCUT2D eigenvalue weighted by molar-refractivity contribution is -0.135. The predicted molar refractivity (Wildman–Crippen MR) is 114 cm³/mol. The Kier molecular flexibility index (Phi) is 7.22. The van der Waals surface area contributed by atoms with E-state index in [-0.39, 0.29) is 17.7 Å². The number of aryl methyl sites for hydroxylation is 1. The van der Waals surface area contributed by atoms with Crippen molar-refractivity contribution < 1.29 is 9.59 Å². The monoisotopic (exact) mass is 405 g/mol. The average Bonchev–Trinajstić information content (AvgIpc) is 3.17. The Morgan fingerprint density at radius 2 is 2.04 bits per heavy atom. The van der Waals surface area contributed by atoms with Crippen molar-refractivity contribution >= 4 is 29.1 Å². The molecule has 0 saturated carbocycles. The quantitative estimate of drug-likeness (QED) is 0.786. The molecule has 0 spiro atoms. The third-order valence-corrected chi connectivity index (χ3v) is 6.21. The highest BCUT2D eigenvalue weighted by Crippen LogP contribution is 2.29. The van der Waals surface area contributed by atoms with Crippen molar-refractivity contribution in [2.24, 2.45) is 11.8 Å². The Labute approximate surface area is 173 Å². The molecule has 1 aromatic rings. The number of nitrogens with one attached hydrogen (secondary N) is 1. The molecule has 2 saturated heterocycles. The van der Waals surface area contributed by atoms with Crippen LogP contribution in [0.3, 0.4) is 0 Å². The lowest BCUT2D eigenvalue weighted by atomic mass is 9.96. The fourth-order valence-electron chi connectivity index (χ4n) is 4.32. The second-order valence-electron chi connectivity index (χ2n) is 8.21. The van der Waals surface area contributed by atoms with Gasteiger partial charge in [-0.25, -0.2) is 0 Å². The fourth-order valence-corrected chi connectivity index (χ4v) is 4.49. The molecule has 154 valence electrons. The summed E-state index contributed by atoms with van der Waals surface area (Å²) in [6, 6.07) is 6.01. The van der Waals surface area contributed by atoms with Gasteiger partial charge in [-0.1, -0.05) is 24.6 Å². The molecule has 2 fully saturated rings. The molecule has 2 amide bonds. The summed E-state index contributed by atoms with van der Waals surface area (Å²) in [6.45, 7) is 8.12. The van der Waals surface area contributed by atoms with E-state index in [1.54, 1.807) is 0 Å². The third-order valence-electron chi connectivity index (χ3n) is 5.97. The minimum atomic E-state index is -0.0674. The van der Waals surface area contributed by atoms with Crippen LogP contribution in [0.15, 0.2) is 18.2 Å². The Hall–Kier alpha value is -1.75. The third kappa shape index (κ3) is 5.19. The van der Waals surface area contributed by atoms with Gasteiger partial charge in [-0.05, 0) is 56.2 Å². The van der Waals surface area contributed by atoms with E-state index in [1.807, 2.05) is 24.0 Å². The second-order valence-corrected chi connectivity index (χ2v) is 8.64. The maximum atomic E-state index is 12.7. The maximum Gasteiger partial charge on any atom is 0.224 e. The summed E-state index contributed by atoms with van der Waals surface area (Å²) in [4.78, 5) is 29.0. The molecule has 0 aromatic heterocycles. The summed E-state index contributed by atoms with van der Waals surface area (Å²) < 4.78 is 0. The van der Waals surface area contributed by atoms with Crippen LogP contribution in [0.2, 0.25) is 5.02 Å². The zero-order chi connectivity index (χ0) is 20.1. The number of carbonyl (C=O) groups is 2. The van der Waals surface area contributed by atoms with Gasteiger partial charge in [0.1, 0.15) is 0 Å². The number of hydrogen-bond acceptors (Lipinski definition) is 3. The van der Waals surface area contributed by atoms with Gasteiger partial charge < -0.3 is 15.1 Å². The molecule has 28 heavy (non-hydrogen) atoms. The molecule has 5 nitrogen and oxygen atoms in total. The summed E-state index contributed by atoms with van der Waals surface area (Å²) in [5, 5.41) is 3.92. The summed E-state index contributed by atoms with van der Waals surface area (Å²) in [5.74, 6) is 0.667. The van der Waals surface area contributed by atoms with E-state index in [0.29, 0.717) is 25.4 Å². The maximum absolute atomic E-state index is 12.7. The molecule has 2 aliphatic rings. The highest BCUT2D eigenvalue weighted by molar-refractivity contribution is 6.30. The molecule has 3 rings (SSSR count). The van der Waals surface area contributed by atoms with Gasteiger partial charge in [0.25, 0.3) is 0 Å². The van der Waals surface area contributed by atoms with E-state index in [1.165, 1.54) is 11.3 Å².